The zero-order chi connectivity index (χ0) is 12.6. The number of carbonyl (C=O) groups excluding carboxylic acids is 2. The van der Waals surface area contributed by atoms with Gasteiger partial charge < -0.3 is 14.6 Å². The Kier molecular flexibility index (Phi) is 6.43. The fourth-order valence-corrected chi connectivity index (χ4v) is 0.690. The molecule has 94 valence electrons. The number of rotatable bonds is 4. The summed E-state index contributed by atoms with van der Waals surface area (Å²) >= 11 is 0. The van der Waals surface area contributed by atoms with Crippen LogP contribution in [0.4, 0.5) is 4.79 Å². The highest BCUT2D eigenvalue weighted by atomic mass is 16.6. The monoisotopic (exact) mass is 234 g/mol. The van der Waals surface area contributed by atoms with Crippen molar-refractivity contribution in [3.8, 4) is 0 Å². The van der Waals surface area contributed by atoms with E-state index in [0.717, 1.165) is 0 Å². The van der Waals surface area contributed by atoms with Crippen LogP contribution in [0.1, 0.15) is 20.8 Å². The molecule has 0 atom stereocenters. The topological polar surface area (TPSA) is 96.9 Å². The molecule has 7 nitrogen and oxygen atoms in total. The Balaban J connectivity index is 3.63. The van der Waals surface area contributed by atoms with E-state index in [1.165, 1.54) is 0 Å². The second-order valence-electron chi connectivity index (χ2n) is 3.95. The summed E-state index contributed by atoms with van der Waals surface area (Å²) in [5.41, 5.74) is 3.53. The third-order valence-corrected chi connectivity index (χ3v) is 1.17. The molecular formula is C9H18N2O5. The van der Waals surface area contributed by atoms with Gasteiger partial charge in [0.2, 0.25) is 0 Å². The van der Waals surface area contributed by atoms with E-state index in [1.54, 1.807) is 20.8 Å². The first-order valence-electron chi connectivity index (χ1n) is 4.81. The lowest BCUT2D eigenvalue weighted by Gasteiger charge is -2.19. The highest BCUT2D eigenvalue weighted by molar-refractivity contribution is 5.80. The molecule has 0 fully saturated rings. The molecule has 0 unspecified atom stereocenters. The van der Waals surface area contributed by atoms with Crippen LogP contribution >= 0.6 is 0 Å². The summed E-state index contributed by atoms with van der Waals surface area (Å²) in [6, 6.07) is 0. The van der Waals surface area contributed by atoms with Crippen molar-refractivity contribution in [2.45, 2.75) is 26.4 Å². The lowest BCUT2D eigenvalue weighted by atomic mass is 10.2. The van der Waals surface area contributed by atoms with Gasteiger partial charge in [-0.05, 0) is 20.8 Å². The van der Waals surface area contributed by atoms with E-state index >= 15 is 0 Å². The molecule has 0 aliphatic rings. The van der Waals surface area contributed by atoms with Crippen LogP contribution in [-0.4, -0.2) is 42.5 Å². The Bertz CT molecular complexity index is 237. The van der Waals surface area contributed by atoms with Gasteiger partial charge in [-0.1, -0.05) is 0 Å². The van der Waals surface area contributed by atoms with Gasteiger partial charge in [-0.25, -0.2) is 10.2 Å². The summed E-state index contributed by atoms with van der Waals surface area (Å²) in [5, 5.41) is 8.38. The van der Waals surface area contributed by atoms with Crippen LogP contribution in [0, 0.1) is 0 Å². The average Bonchev–Trinajstić information content (AvgIpc) is 2.12. The number of ether oxygens (including phenoxy) is 2. The van der Waals surface area contributed by atoms with Crippen molar-refractivity contribution in [1.82, 2.24) is 10.9 Å². The second-order valence-corrected chi connectivity index (χ2v) is 3.95. The zero-order valence-corrected chi connectivity index (χ0v) is 9.70. The summed E-state index contributed by atoms with van der Waals surface area (Å²) in [7, 11) is 0. The van der Waals surface area contributed by atoms with Gasteiger partial charge in [0.15, 0.2) is 0 Å². The maximum Gasteiger partial charge on any atom is 0.426 e. The van der Waals surface area contributed by atoms with Crippen LogP contribution < -0.4 is 10.9 Å². The van der Waals surface area contributed by atoms with Gasteiger partial charge in [-0.2, -0.15) is 0 Å². The normalized spacial score (nSPS) is 10.8. The first-order valence-corrected chi connectivity index (χ1v) is 4.81. The molecule has 0 rings (SSSR count). The molecule has 0 aromatic rings. The number of amides is 2. The quantitative estimate of drug-likeness (QED) is 0.452. The standard InChI is InChI=1S/C9H18N2O5/c1-9(2,3)16-8(14)11-10-7(13)6-15-5-4-12/h12H,4-6H2,1-3H3,(H,10,13)(H,11,14). The molecule has 0 saturated carbocycles. The van der Waals surface area contributed by atoms with Crippen molar-refractivity contribution < 1.29 is 24.2 Å². The number of hydrogen-bond acceptors (Lipinski definition) is 5. The predicted octanol–water partition coefficient (Wildman–Crippen LogP) is -0.449. The number of carbonyl (C=O) groups is 2. The molecule has 16 heavy (non-hydrogen) atoms. The van der Waals surface area contributed by atoms with Crippen LogP contribution in [-0.2, 0) is 14.3 Å². The second kappa shape index (κ2) is 7.02. The molecule has 0 saturated heterocycles. The van der Waals surface area contributed by atoms with Crippen molar-refractivity contribution in [2.75, 3.05) is 19.8 Å². The number of hydrazine groups is 1. The van der Waals surface area contributed by atoms with Crippen molar-refractivity contribution in [2.24, 2.45) is 0 Å². The predicted molar refractivity (Wildman–Crippen MR) is 55.4 cm³/mol. The van der Waals surface area contributed by atoms with Gasteiger partial charge >= 0.3 is 6.09 Å². The van der Waals surface area contributed by atoms with Crippen molar-refractivity contribution in [1.29, 1.82) is 0 Å². The maximum atomic E-state index is 11.1. The Labute approximate surface area is 94.1 Å². The SMILES string of the molecule is CC(C)(C)OC(=O)NNC(=O)COCCO. The summed E-state index contributed by atoms with van der Waals surface area (Å²) < 4.78 is 9.59. The van der Waals surface area contributed by atoms with E-state index in [1.807, 2.05) is 0 Å². The van der Waals surface area contributed by atoms with Crippen LogP contribution in [0.5, 0.6) is 0 Å². The molecule has 0 aliphatic heterocycles. The lowest BCUT2D eigenvalue weighted by molar-refractivity contribution is -0.127. The van der Waals surface area contributed by atoms with Crippen LogP contribution in [0.2, 0.25) is 0 Å². The Hall–Kier alpha value is -1.34. The van der Waals surface area contributed by atoms with E-state index in [2.05, 4.69) is 10.9 Å². The smallest absolute Gasteiger partial charge is 0.426 e. The number of hydrogen-bond donors (Lipinski definition) is 3. The van der Waals surface area contributed by atoms with Gasteiger partial charge in [0.1, 0.15) is 12.2 Å². The third-order valence-electron chi connectivity index (χ3n) is 1.17. The van der Waals surface area contributed by atoms with E-state index in [4.69, 9.17) is 14.6 Å². The van der Waals surface area contributed by atoms with Gasteiger partial charge in [0, 0.05) is 0 Å². The van der Waals surface area contributed by atoms with Gasteiger partial charge in [0.25, 0.3) is 5.91 Å². The van der Waals surface area contributed by atoms with Crippen molar-refractivity contribution in [3.05, 3.63) is 0 Å². The number of nitrogens with one attached hydrogen (secondary N) is 2. The molecule has 0 spiro atoms. The molecule has 0 aromatic heterocycles. The minimum Gasteiger partial charge on any atom is -0.443 e. The average molecular weight is 234 g/mol. The first kappa shape index (κ1) is 14.7. The molecule has 2 amide bonds. The molecule has 3 N–H and O–H groups in total. The molecular weight excluding hydrogens is 216 g/mol. The first-order chi connectivity index (χ1) is 7.35. The Morgan fingerprint density at radius 2 is 1.88 bits per heavy atom. The van der Waals surface area contributed by atoms with E-state index in [0.29, 0.717) is 0 Å². The number of aliphatic hydroxyl groups excluding tert-OH is 1. The van der Waals surface area contributed by atoms with Crippen LogP contribution in [0.25, 0.3) is 0 Å². The van der Waals surface area contributed by atoms with E-state index < -0.39 is 17.6 Å². The fourth-order valence-electron chi connectivity index (χ4n) is 0.690. The summed E-state index contributed by atoms with van der Waals surface area (Å²) in [5.74, 6) is -0.528. The largest absolute Gasteiger partial charge is 0.443 e. The molecule has 0 radical (unpaired) electrons. The highest BCUT2D eigenvalue weighted by Gasteiger charge is 2.16. The van der Waals surface area contributed by atoms with Crippen LogP contribution in [0.15, 0.2) is 0 Å². The lowest BCUT2D eigenvalue weighted by Crippen LogP contribution is -2.45. The Morgan fingerprint density at radius 1 is 1.25 bits per heavy atom. The third kappa shape index (κ3) is 9.22. The van der Waals surface area contributed by atoms with Crippen LogP contribution in [0.3, 0.4) is 0 Å². The van der Waals surface area contributed by atoms with E-state index in [-0.39, 0.29) is 19.8 Å². The van der Waals surface area contributed by atoms with E-state index in [9.17, 15) is 9.59 Å². The van der Waals surface area contributed by atoms with Gasteiger partial charge in [-0.15, -0.1) is 0 Å². The highest BCUT2D eigenvalue weighted by Crippen LogP contribution is 2.05. The number of aliphatic hydroxyl groups is 1. The molecule has 0 heterocycles. The zero-order valence-electron chi connectivity index (χ0n) is 9.70. The maximum absolute atomic E-state index is 11.1. The van der Waals surface area contributed by atoms with Crippen molar-refractivity contribution >= 4 is 12.0 Å². The summed E-state index contributed by atoms with van der Waals surface area (Å²) in [4.78, 5) is 22.1. The molecule has 7 heteroatoms. The molecule has 0 aromatic carbocycles. The van der Waals surface area contributed by atoms with Gasteiger partial charge in [0.05, 0.1) is 13.2 Å². The summed E-state index contributed by atoms with van der Waals surface area (Å²) in [6.45, 7) is 4.79. The molecule has 0 aliphatic carbocycles. The summed E-state index contributed by atoms with van der Waals surface area (Å²) in [6.07, 6.45) is -0.747. The van der Waals surface area contributed by atoms with Gasteiger partial charge in [-0.3, -0.25) is 10.2 Å². The van der Waals surface area contributed by atoms with Crippen molar-refractivity contribution in [3.63, 3.8) is 0 Å². The minimum atomic E-state index is -0.747. The molecule has 0 bridgehead atoms. The Morgan fingerprint density at radius 3 is 2.38 bits per heavy atom. The minimum absolute atomic E-state index is 0.0693. The fraction of sp³-hybridized carbons (Fsp3) is 0.778.